The zero-order valence-corrected chi connectivity index (χ0v) is 21.1. The van der Waals surface area contributed by atoms with Crippen LogP contribution in [0, 0.1) is 0 Å². The van der Waals surface area contributed by atoms with Gasteiger partial charge in [0.15, 0.2) is 0 Å². The zero-order chi connectivity index (χ0) is 24.4. The minimum atomic E-state index is -0.603. The van der Waals surface area contributed by atoms with Crippen molar-refractivity contribution in [2.75, 3.05) is 13.7 Å². The number of hydrogen-bond acceptors (Lipinski definition) is 4. The van der Waals surface area contributed by atoms with Crippen molar-refractivity contribution in [2.45, 2.75) is 58.7 Å². The molecule has 0 bridgehead atoms. The summed E-state index contributed by atoms with van der Waals surface area (Å²) in [7, 11) is 1.61. The van der Waals surface area contributed by atoms with Crippen LogP contribution in [0.5, 0.6) is 11.5 Å². The normalized spacial score (nSPS) is 11.7. The molecule has 2 aromatic rings. The lowest BCUT2D eigenvalue weighted by atomic mass is 10.1. The summed E-state index contributed by atoms with van der Waals surface area (Å²) in [6.45, 7) is 6.27. The molecule has 6 nitrogen and oxygen atoms in total. The Balaban J connectivity index is 2.08. The van der Waals surface area contributed by atoms with Crippen molar-refractivity contribution in [3.05, 3.63) is 58.1 Å². The molecule has 0 fully saturated rings. The lowest BCUT2D eigenvalue weighted by Crippen LogP contribution is -2.50. The van der Waals surface area contributed by atoms with E-state index in [1.54, 1.807) is 30.2 Å². The van der Waals surface area contributed by atoms with E-state index in [9.17, 15) is 9.59 Å². The van der Waals surface area contributed by atoms with Gasteiger partial charge in [0.05, 0.1) is 13.7 Å². The van der Waals surface area contributed by atoms with Crippen molar-refractivity contribution >= 4 is 35.0 Å². The highest BCUT2D eigenvalue weighted by molar-refractivity contribution is 6.35. The van der Waals surface area contributed by atoms with Crippen LogP contribution in [0.4, 0.5) is 0 Å². The van der Waals surface area contributed by atoms with E-state index >= 15 is 0 Å². The van der Waals surface area contributed by atoms with Crippen LogP contribution in [-0.2, 0) is 16.1 Å². The van der Waals surface area contributed by atoms with Gasteiger partial charge in [-0.3, -0.25) is 9.59 Å². The Morgan fingerprint density at radius 1 is 1.06 bits per heavy atom. The standard InChI is InChI=1S/C25H32Cl2N2O4/c1-5-23(25(31)28-17(2)3)29(16-18-8-9-19(26)15-22(18)27)24(30)7-6-14-33-21-12-10-20(32-4)11-13-21/h8-13,15,17,23H,5-7,14,16H2,1-4H3,(H,28,31). The van der Waals surface area contributed by atoms with Crippen LogP contribution in [0.15, 0.2) is 42.5 Å². The first-order valence-corrected chi connectivity index (χ1v) is 11.8. The Hall–Kier alpha value is -2.44. The third kappa shape index (κ3) is 8.45. The lowest BCUT2D eigenvalue weighted by Gasteiger charge is -2.31. The third-order valence-corrected chi connectivity index (χ3v) is 5.62. The number of carbonyl (C=O) groups is 2. The van der Waals surface area contributed by atoms with Crippen molar-refractivity contribution in [1.82, 2.24) is 10.2 Å². The summed E-state index contributed by atoms with van der Waals surface area (Å²) in [6, 6.07) is 11.8. The van der Waals surface area contributed by atoms with Gasteiger partial charge in [0.25, 0.3) is 0 Å². The van der Waals surface area contributed by atoms with Gasteiger partial charge in [-0.25, -0.2) is 0 Å². The quantitative estimate of drug-likeness (QED) is 0.396. The Bertz CT molecular complexity index is 919. The molecule has 0 saturated heterocycles. The van der Waals surface area contributed by atoms with Gasteiger partial charge in [-0.15, -0.1) is 0 Å². The molecular formula is C25H32Cl2N2O4. The minimum Gasteiger partial charge on any atom is -0.497 e. The smallest absolute Gasteiger partial charge is 0.243 e. The average Bonchev–Trinajstić information content (AvgIpc) is 2.77. The summed E-state index contributed by atoms with van der Waals surface area (Å²) in [5, 5.41) is 3.89. The maximum atomic E-state index is 13.2. The van der Waals surface area contributed by atoms with Crippen LogP contribution in [0.25, 0.3) is 0 Å². The molecule has 33 heavy (non-hydrogen) atoms. The molecule has 1 unspecified atom stereocenters. The highest BCUT2D eigenvalue weighted by atomic mass is 35.5. The number of amides is 2. The number of benzene rings is 2. The summed E-state index contributed by atoms with van der Waals surface area (Å²) in [6.07, 6.45) is 1.24. The molecule has 0 aliphatic heterocycles. The number of nitrogens with one attached hydrogen (secondary N) is 1. The summed E-state index contributed by atoms with van der Waals surface area (Å²) in [5.41, 5.74) is 0.736. The largest absolute Gasteiger partial charge is 0.497 e. The molecule has 1 N–H and O–H groups in total. The summed E-state index contributed by atoms with van der Waals surface area (Å²) >= 11 is 12.4. The molecular weight excluding hydrogens is 463 g/mol. The van der Waals surface area contributed by atoms with Gasteiger partial charge in [-0.05, 0) is 68.7 Å². The van der Waals surface area contributed by atoms with Gasteiger partial charge in [-0.2, -0.15) is 0 Å². The Morgan fingerprint density at radius 2 is 1.73 bits per heavy atom. The van der Waals surface area contributed by atoms with Crippen molar-refractivity contribution in [2.24, 2.45) is 0 Å². The van der Waals surface area contributed by atoms with E-state index in [4.69, 9.17) is 32.7 Å². The van der Waals surface area contributed by atoms with E-state index in [2.05, 4.69) is 5.32 Å². The first-order chi connectivity index (χ1) is 15.7. The molecule has 0 spiro atoms. The molecule has 0 heterocycles. The van der Waals surface area contributed by atoms with E-state index in [1.165, 1.54) is 0 Å². The number of carbonyl (C=O) groups excluding carboxylic acids is 2. The molecule has 1 atom stereocenters. The molecule has 0 radical (unpaired) electrons. The van der Waals surface area contributed by atoms with E-state index in [-0.39, 0.29) is 30.8 Å². The predicted molar refractivity (Wildman–Crippen MR) is 132 cm³/mol. The van der Waals surface area contributed by atoms with Crippen LogP contribution >= 0.6 is 23.2 Å². The number of hydrogen-bond donors (Lipinski definition) is 1. The van der Waals surface area contributed by atoms with Crippen molar-refractivity contribution in [3.63, 3.8) is 0 Å². The van der Waals surface area contributed by atoms with Crippen molar-refractivity contribution in [1.29, 1.82) is 0 Å². The molecule has 0 aromatic heterocycles. The maximum Gasteiger partial charge on any atom is 0.243 e. The molecule has 180 valence electrons. The monoisotopic (exact) mass is 494 g/mol. The maximum absolute atomic E-state index is 13.2. The van der Waals surface area contributed by atoms with Crippen LogP contribution in [0.1, 0.15) is 45.6 Å². The molecule has 0 aliphatic carbocycles. The Kier molecular flexibility index (Phi) is 10.8. The van der Waals surface area contributed by atoms with Gasteiger partial charge >= 0.3 is 0 Å². The minimum absolute atomic E-state index is 0.0273. The number of nitrogens with zero attached hydrogens (tertiary/aromatic N) is 1. The molecule has 0 saturated carbocycles. The number of halogens is 2. The zero-order valence-electron chi connectivity index (χ0n) is 19.6. The highest BCUT2D eigenvalue weighted by Gasteiger charge is 2.29. The summed E-state index contributed by atoms with van der Waals surface area (Å²) in [4.78, 5) is 27.6. The summed E-state index contributed by atoms with van der Waals surface area (Å²) < 4.78 is 10.9. The van der Waals surface area contributed by atoms with Crippen LogP contribution in [0.2, 0.25) is 10.0 Å². The van der Waals surface area contributed by atoms with Crippen LogP contribution in [-0.4, -0.2) is 42.5 Å². The number of methoxy groups -OCH3 is 1. The van der Waals surface area contributed by atoms with E-state index in [0.29, 0.717) is 35.2 Å². The Labute approximate surface area is 206 Å². The predicted octanol–water partition coefficient (Wildman–Crippen LogP) is 5.49. The molecule has 2 amide bonds. The fourth-order valence-electron chi connectivity index (χ4n) is 3.36. The van der Waals surface area contributed by atoms with Gasteiger partial charge in [0.2, 0.25) is 11.8 Å². The van der Waals surface area contributed by atoms with Crippen molar-refractivity contribution < 1.29 is 19.1 Å². The second-order valence-corrected chi connectivity index (χ2v) is 8.82. The summed E-state index contributed by atoms with van der Waals surface area (Å²) in [5.74, 6) is 1.14. The topological polar surface area (TPSA) is 67.9 Å². The van der Waals surface area contributed by atoms with Gasteiger partial charge in [0, 0.05) is 29.1 Å². The second kappa shape index (κ2) is 13.3. The van der Waals surface area contributed by atoms with E-state index < -0.39 is 6.04 Å². The fourth-order valence-corrected chi connectivity index (χ4v) is 3.83. The van der Waals surface area contributed by atoms with Crippen LogP contribution < -0.4 is 14.8 Å². The lowest BCUT2D eigenvalue weighted by molar-refractivity contribution is -0.141. The van der Waals surface area contributed by atoms with Crippen LogP contribution in [0.3, 0.4) is 0 Å². The Morgan fingerprint density at radius 3 is 2.30 bits per heavy atom. The van der Waals surface area contributed by atoms with Gasteiger partial charge in [-0.1, -0.05) is 36.2 Å². The number of ether oxygens (including phenoxy) is 2. The molecule has 8 heteroatoms. The first kappa shape index (κ1) is 26.8. The van der Waals surface area contributed by atoms with Gasteiger partial charge in [0.1, 0.15) is 17.5 Å². The van der Waals surface area contributed by atoms with Crippen molar-refractivity contribution in [3.8, 4) is 11.5 Å². The highest BCUT2D eigenvalue weighted by Crippen LogP contribution is 2.24. The van der Waals surface area contributed by atoms with E-state index in [0.717, 1.165) is 11.3 Å². The third-order valence-electron chi connectivity index (χ3n) is 5.04. The SMILES string of the molecule is CCC(C(=O)NC(C)C)N(Cc1ccc(Cl)cc1Cl)C(=O)CCCOc1ccc(OC)cc1. The molecule has 0 aliphatic rings. The molecule has 2 aromatic carbocycles. The molecule has 2 rings (SSSR count). The second-order valence-electron chi connectivity index (χ2n) is 7.97. The first-order valence-electron chi connectivity index (χ1n) is 11.1. The number of rotatable bonds is 12. The van der Waals surface area contributed by atoms with Gasteiger partial charge < -0.3 is 19.7 Å². The van der Waals surface area contributed by atoms with E-state index in [1.807, 2.05) is 45.0 Å². The fraction of sp³-hybridized carbons (Fsp3) is 0.440. The average molecular weight is 495 g/mol.